The van der Waals surface area contributed by atoms with Crippen LogP contribution in [0, 0.1) is 0 Å². The fourth-order valence-corrected chi connectivity index (χ4v) is 2.57. The van der Waals surface area contributed by atoms with E-state index >= 15 is 0 Å². The summed E-state index contributed by atoms with van der Waals surface area (Å²) in [5.74, 6) is 0.836. The first kappa shape index (κ1) is 16.7. The van der Waals surface area contributed by atoms with Gasteiger partial charge in [-0.15, -0.1) is 0 Å². The number of benzene rings is 2. The molecule has 0 aliphatic carbocycles. The molecule has 3 N–H and O–H groups in total. The molecule has 124 valence electrons. The van der Waals surface area contributed by atoms with Gasteiger partial charge >= 0.3 is 0 Å². The van der Waals surface area contributed by atoms with Gasteiger partial charge in [0.05, 0.1) is 0 Å². The second-order valence-electron chi connectivity index (χ2n) is 5.37. The number of aromatic hydroxyl groups is 1. The molecule has 3 aromatic rings. The number of hydrogen-bond donors (Lipinski definition) is 3. The fraction of sp³-hybridized carbons (Fsp3) is 0. The molecule has 0 radical (unpaired) electrons. The van der Waals surface area contributed by atoms with Crippen LogP contribution in [0.3, 0.4) is 0 Å². The highest BCUT2D eigenvalue weighted by molar-refractivity contribution is 7.80. The van der Waals surface area contributed by atoms with Gasteiger partial charge in [0.2, 0.25) is 0 Å². The van der Waals surface area contributed by atoms with Crippen LogP contribution in [-0.4, -0.2) is 15.2 Å². The SMILES string of the molecule is C=C(c1ccc(O)cc1)c1cccnc1NC(=S)Nc1ccccc1. The molecule has 0 aliphatic heterocycles. The first-order valence-corrected chi connectivity index (χ1v) is 8.11. The molecule has 0 amide bonds. The Kier molecular flexibility index (Phi) is 5.06. The lowest BCUT2D eigenvalue weighted by Gasteiger charge is -2.14. The summed E-state index contributed by atoms with van der Waals surface area (Å²) < 4.78 is 0. The Bertz CT molecular complexity index is 892. The maximum Gasteiger partial charge on any atom is 0.176 e. The molecular formula is C20H17N3OS. The van der Waals surface area contributed by atoms with Crippen molar-refractivity contribution in [3.63, 3.8) is 0 Å². The molecule has 0 fully saturated rings. The van der Waals surface area contributed by atoms with Gasteiger partial charge in [0.25, 0.3) is 0 Å². The van der Waals surface area contributed by atoms with Crippen LogP contribution >= 0.6 is 12.2 Å². The minimum absolute atomic E-state index is 0.217. The predicted molar refractivity (Wildman–Crippen MR) is 107 cm³/mol. The largest absolute Gasteiger partial charge is 0.508 e. The number of phenolic OH excluding ortho intramolecular Hbond substituents is 1. The Morgan fingerprint density at radius 2 is 1.64 bits per heavy atom. The van der Waals surface area contributed by atoms with Gasteiger partial charge < -0.3 is 15.7 Å². The van der Waals surface area contributed by atoms with Crippen molar-refractivity contribution >= 4 is 34.4 Å². The van der Waals surface area contributed by atoms with Crippen molar-refractivity contribution in [3.05, 3.63) is 90.6 Å². The molecule has 25 heavy (non-hydrogen) atoms. The van der Waals surface area contributed by atoms with Gasteiger partial charge in [0, 0.05) is 17.4 Å². The predicted octanol–water partition coefficient (Wildman–Crippen LogP) is 4.66. The average Bonchev–Trinajstić information content (AvgIpc) is 2.63. The molecule has 0 spiro atoms. The van der Waals surface area contributed by atoms with E-state index in [4.69, 9.17) is 12.2 Å². The molecule has 3 rings (SSSR count). The Hall–Kier alpha value is -3.18. The molecule has 2 aromatic carbocycles. The minimum atomic E-state index is 0.217. The van der Waals surface area contributed by atoms with E-state index in [9.17, 15) is 5.11 Å². The third kappa shape index (κ3) is 4.22. The zero-order valence-corrected chi connectivity index (χ0v) is 14.3. The lowest BCUT2D eigenvalue weighted by Crippen LogP contribution is -2.20. The molecule has 0 unspecified atom stereocenters. The van der Waals surface area contributed by atoms with E-state index in [1.165, 1.54) is 0 Å². The zero-order chi connectivity index (χ0) is 17.6. The highest BCUT2D eigenvalue weighted by atomic mass is 32.1. The number of nitrogens with zero attached hydrogens (tertiary/aromatic N) is 1. The molecule has 5 heteroatoms. The number of pyridine rings is 1. The first-order valence-electron chi connectivity index (χ1n) is 7.70. The Labute approximate surface area is 151 Å². The maximum atomic E-state index is 9.44. The monoisotopic (exact) mass is 347 g/mol. The van der Waals surface area contributed by atoms with Crippen LogP contribution in [0.25, 0.3) is 5.57 Å². The van der Waals surface area contributed by atoms with Crippen molar-refractivity contribution in [2.45, 2.75) is 0 Å². The Balaban J connectivity index is 1.80. The van der Waals surface area contributed by atoms with E-state index in [1.54, 1.807) is 18.3 Å². The molecule has 0 saturated carbocycles. The first-order chi connectivity index (χ1) is 12.1. The van der Waals surface area contributed by atoms with Gasteiger partial charge in [-0.3, -0.25) is 0 Å². The number of anilines is 2. The van der Waals surface area contributed by atoms with E-state index in [0.717, 1.165) is 22.4 Å². The molecule has 1 heterocycles. The summed E-state index contributed by atoms with van der Waals surface area (Å²) in [6, 6.07) is 20.3. The number of hydrogen-bond acceptors (Lipinski definition) is 3. The van der Waals surface area contributed by atoms with Crippen molar-refractivity contribution in [1.82, 2.24) is 4.98 Å². The standard InChI is InChI=1S/C20H17N3OS/c1-14(15-9-11-17(24)12-10-15)18-8-5-13-21-19(18)23-20(25)22-16-6-3-2-4-7-16/h2-13,24H,1H2,(H2,21,22,23,25). The summed E-state index contributed by atoms with van der Waals surface area (Å²) >= 11 is 5.37. The van der Waals surface area contributed by atoms with E-state index in [-0.39, 0.29) is 5.75 Å². The summed E-state index contributed by atoms with van der Waals surface area (Å²) in [5.41, 5.74) is 3.43. The van der Waals surface area contributed by atoms with Crippen LogP contribution in [0.5, 0.6) is 5.75 Å². The van der Waals surface area contributed by atoms with Crippen molar-refractivity contribution in [1.29, 1.82) is 0 Å². The fourth-order valence-electron chi connectivity index (χ4n) is 2.36. The van der Waals surface area contributed by atoms with E-state index in [1.807, 2.05) is 54.6 Å². The minimum Gasteiger partial charge on any atom is -0.508 e. The average molecular weight is 347 g/mol. The van der Waals surface area contributed by atoms with Gasteiger partial charge in [-0.2, -0.15) is 0 Å². The van der Waals surface area contributed by atoms with Crippen molar-refractivity contribution in [2.24, 2.45) is 0 Å². The third-order valence-corrected chi connectivity index (χ3v) is 3.82. The molecule has 4 nitrogen and oxygen atoms in total. The summed E-state index contributed by atoms with van der Waals surface area (Å²) in [7, 11) is 0. The maximum absolute atomic E-state index is 9.44. The molecule has 0 atom stereocenters. The van der Waals surface area contributed by atoms with E-state index < -0.39 is 0 Å². The van der Waals surface area contributed by atoms with E-state index in [2.05, 4.69) is 22.2 Å². The van der Waals surface area contributed by atoms with Gasteiger partial charge in [-0.25, -0.2) is 4.98 Å². The molecular weight excluding hydrogens is 330 g/mol. The number of para-hydroxylation sites is 1. The quantitative estimate of drug-likeness (QED) is 0.599. The normalized spacial score (nSPS) is 10.1. The molecule has 0 aliphatic rings. The van der Waals surface area contributed by atoms with Gasteiger partial charge in [-0.1, -0.05) is 36.9 Å². The topological polar surface area (TPSA) is 57.2 Å². The lowest BCUT2D eigenvalue weighted by molar-refractivity contribution is 0.475. The number of nitrogens with one attached hydrogen (secondary N) is 2. The summed E-state index contributed by atoms with van der Waals surface area (Å²) in [6.45, 7) is 4.15. The van der Waals surface area contributed by atoms with E-state index in [0.29, 0.717) is 10.9 Å². The molecule has 0 saturated heterocycles. The van der Waals surface area contributed by atoms with Gasteiger partial charge in [0.15, 0.2) is 5.11 Å². The van der Waals surface area contributed by atoms with Crippen LogP contribution in [0.4, 0.5) is 11.5 Å². The zero-order valence-electron chi connectivity index (χ0n) is 13.4. The smallest absolute Gasteiger partial charge is 0.176 e. The van der Waals surface area contributed by atoms with Crippen LogP contribution in [0.1, 0.15) is 11.1 Å². The van der Waals surface area contributed by atoms with Crippen LogP contribution in [-0.2, 0) is 0 Å². The number of thiocarbonyl (C=S) groups is 1. The third-order valence-electron chi connectivity index (χ3n) is 3.61. The number of phenols is 1. The van der Waals surface area contributed by atoms with Gasteiger partial charge in [-0.05, 0) is 59.8 Å². The lowest BCUT2D eigenvalue weighted by atomic mass is 10.00. The van der Waals surface area contributed by atoms with Crippen molar-refractivity contribution < 1.29 is 5.11 Å². The highest BCUT2D eigenvalue weighted by Crippen LogP contribution is 2.27. The highest BCUT2D eigenvalue weighted by Gasteiger charge is 2.10. The molecule has 0 bridgehead atoms. The summed E-state index contributed by atoms with van der Waals surface area (Å²) in [6.07, 6.45) is 1.70. The van der Waals surface area contributed by atoms with Crippen LogP contribution < -0.4 is 10.6 Å². The number of aromatic nitrogens is 1. The summed E-state index contributed by atoms with van der Waals surface area (Å²) in [4.78, 5) is 4.38. The molecule has 1 aromatic heterocycles. The van der Waals surface area contributed by atoms with Crippen molar-refractivity contribution in [3.8, 4) is 5.75 Å². The Morgan fingerprint density at radius 1 is 0.920 bits per heavy atom. The van der Waals surface area contributed by atoms with Crippen molar-refractivity contribution in [2.75, 3.05) is 10.6 Å². The van der Waals surface area contributed by atoms with Gasteiger partial charge in [0.1, 0.15) is 11.6 Å². The summed E-state index contributed by atoms with van der Waals surface area (Å²) in [5, 5.41) is 16.1. The second kappa shape index (κ2) is 7.59. The second-order valence-corrected chi connectivity index (χ2v) is 5.78. The Morgan fingerprint density at radius 3 is 2.36 bits per heavy atom. The van der Waals surface area contributed by atoms with Crippen LogP contribution in [0.15, 0.2) is 79.5 Å². The van der Waals surface area contributed by atoms with Crippen LogP contribution in [0.2, 0.25) is 0 Å². The number of rotatable bonds is 4.